The molecule has 2 heterocycles. The first kappa shape index (κ1) is 18.8. The van der Waals surface area contributed by atoms with E-state index in [-0.39, 0.29) is 5.82 Å². The molecule has 4 rings (SSSR count). The Morgan fingerprint density at radius 2 is 1.79 bits per heavy atom. The van der Waals surface area contributed by atoms with Crippen LogP contribution in [0, 0.1) is 5.82 Å². The molecule has 0 saturated carbocycles. The van der Waals surface area contributed by atoms with Crippen LogP contribution in [0.25, 0.3) is 22.4 Å². The van der Waals surface area contributed by atoms with Crippen LogP contribution < -0.4 is 5.32 Å². The summed E-state index contributed by atoms with van der Waals surface area (Å²) in [6.07, 6.45) is 3.84. The predicted molar refractivity (Wildman–Crippen MR) is 112 cm³/mol. The van der Waals surface area contributed by atoms with Gasteiger partial charge in [-0.05, 0) is 54.4 Å². The van der Waals surface area contributed by atoms with Gasteiger partial charge in [0.25, 0.3) is 0 Å². The molecule has 3 N–H and O–H groups in total. The molecule has 146 valence electrons. The maximum Gasteiger partial charge on any atom is 0.137 e. The minimum atomic E-state index is -1.16. The molecular weight excluding hydrogens is 367 g/mol. The molecule has 0 spiro atoms. The average Bonchev–Trinajstić information content (AvgIpc) is 3.19. The second kappa shape index (κ2) is 7.85. The molecule has 0 saturated heterocycles. The maximum absolute atomic E-state index is 13.3. The van der Waals surface area contributed by atoms with E-state index in [2.05, 4.69) is 20.5 Å². The third-order valence-corrected chi connectivity index (χ3v) is 4.63. The van der Waals surface area contributed by atoms with Crippen LogP contribution in [-0.2, 0) is 6.42 Å². The van der Waals surface area contributed by atoms with Crippen LogP contribution in [-0.4, -0.2) is 26.0 Å². The molecule has 1 atom stereocenters. The van der Waals surface area contributed by atoms with E-state index in [1.807, 2.05) is 42.5 Å². The van der Waals surface area contributed by atoms with E-state index < -0.39 is 5.72 Å². The van der Waals surface area contributed by atoms with E-state index >= 15 is 0 Å². The molecule has 0 fully saturated rings. The van der Waals surface area contributed by atoms with Gasteiger partial charge < -0.3 is 10.4 Å². The van der Waals surface area contributed by atoms with Gasteiger partial charge in [0.05, 0.1) is 11.9 Å². The molecule has 0 unspecified atom stereocenters. The molecule has 0 bridgehead atoms. The highest BCUT2D eigenvalue weighted by Crippen LogP contribution is 2.31. The molecule has 0 aliphatic rings. The van der Waals surface area contributed by atoms with Gasteiger partial charge in [-0.25, -0.2) is 9.37 Å². The van der Waals surface area contributed by atoms with Gasteiger partial charge in [0, 0.05) is 23.7 Å². The second-order valence-corrected chi connectivity index (χ2v) is 7.16. The number of pyridine rings is 1. The Kier molecular flexibility index (Phi) is 5.10. The van der Waals surface area contributed by atoms with Crippen LogP contribution in [0.5, 0.6) is 0 Å². The summed E-state index contributed by atoms with van der Waals surface area (Å²) in [7, 11) is 0. The smallest absolute Gasteiger partial charge is 0.137 e. The number of rotatable bonds is 6. The van der Waals surface area contributed by atoms with E-state index in [0.717, 1.165) is 27.9 Å². The largest absolute Gasteiger partial charge is 0.371 e. The molecule has 0 amide bonds. The summed E-state index contributed by atoms with van der Waals surface area (Å²) in [5, 5.41) is 21.0. The zero-order chi connectivity index (χ0) is 20.3. The number of hydrogen-bond acceptors (Lipinski definition) is 4. The molecule has 4 aromatic rings. The lowest BCUT2D eigenvalue weighted by Crippen LogP contribution is -2.37. The van der Waals surface area contributed by atoms with Gasteiger partial charge in [-0.15, -0.1) is 0 Å². The number of anilines is 1. The van der Waals surface area contributed by atoms with Crippen molar-refractivity contribution in [3.05, 3.63) is 90.5 Å². The standard InChI is InChI=1S/C23H21FN4O/c1-23(29,14-16-5-3-2-4-6-16)27-21-13-18(11-12-25-21)20-15-26-28-22(20)17-7-9-19(24)10-8-17/h2-13,15,29H,14H2,1H3,(H,25,27)(H,26,28)/t23-/m1/s1. The van der Waals surface area contributed by atoms with Gasteiger partial charge in [-0.1, -0.05) is 30.3 Å². The minimum Gasteiger partial charge on any atom is -0.371 e. The Bertz CT molecular complexity index is 1090. The summed E-state index contributed by atoms with van der Waals surface area (Å²) in [5.74, 6) is 0.264. The number of aromatic nitrogens is 3. The summed E-state index contributed by atoms with van der Waals surface area (Å²) in [4.78, 5) is 4.34. The number of hydrogen-bond donors (Lipinski definition) is 3. The van der Waals surface area contributed by atoms with Crippen LogP contribution in [0.1, 0.15) is 12.5 Å². The number of aromatic amines is 1. The molecule has 2 aromatic carbocycles. The number of nitrogens with one attached hydrogen (secondary N) is 2. The molecular formula is C23H21FN4O. The Labute approximate surface area is 168 Å². The number of H-pyrrole nitrogens is 1. The fourth-order valence-corrected chi connectivity index (χ4v) is 3.32. The Morgan fingerprint density at radius 3 is 2.55 bits per heavy atom. The lowest BCUT2D eigenvalue weighted by molar-refractivity contribution is 0.0903. The highest BCUT2D eigenvalue weighted by atomic mass is 19.1. The summed E-state index contributed by atoms with van der Waals surface area (Å²) < 4.78 is 13.3. The number of halogens is 1. The van der Waals surface area contributed by atoms with E-state index in [0.29, 0.717) is 12.2 Å². The first-order valence-corrected chi connectivity index (χ1v) is 9.30. The highest BCUT2D eigenvalue weighted by molar-refractivity contribution is 5.81. The molecule has 0 radical (unpaired) electrons. The van der Waals surface area contributed by atoms with Crippen molar-refractivity contribution in [2.45, 2.75) is 19.1 Å². The lowest BCUT2D eigenvalue weighted by atomic mass is 10.0. The van der Waals surface area contributed by atoms with Crippen LogP contribution in [0.3, 0.4) is 0 Å². The van der Waals surface area contributed by atoms with Crippen LogP contribution >= 0.6 is 0 Å². The predicted octanol–water partition coefficient (Wildman–Crippen LogP) is 4.64. The van der Waals surface area contributed by atoms with Gasteiger partial charge in [0.15, 0.2) is 0 Å². The molecule has 5 nitrogen and oxygen atoms in total. The normalized spacial score (nSPS) is 13.1. The maximum atomic E-state index is 13.3. The summed E-state index contributed by atoms with van der Waals surface area (Å²) >= 11 is 0. The monoisotopic (exact) mass is 388 g/mol. The van der Waals surface area contributed by atoms with Crippen molar-refractivity contribution in [1.82, 2.24) is 15.2 Å². The quantitative estimate of drug-likeness (QED) is 0.421. The lowest BCUT2D eigenvalue weighted by Gasteiger charge is -2.25. The Hall–Kier alpha value is -3.51. The SMILES string of the molecule is C[C@@](O)(Cc1ccccc1)Nc1cc(-c2cn[nH]c2-c2ccc(F)cc2)ccn1. The molecule has 29 heavy (non-hydrogen) atoms. The molecule has 6 heteroatoms. The fraction of sp³-hybridized carbons (Fsp3) is 0.130. The minimum absolute atomic E-state index is 0.286. The third-order valence-electron chi connectivity index (χ3n) is 4.63. The number of benzene rings is 2. The first-order chi connectivity index (χ1) is 14.0. The van der Waals surface area contributed by atoms with Crippen LogP contribution in [0.15, 0.2) is 79.1 Å². The fourth-order valence-electron chi connectivity index (χ4n) is 3.32. The Balaban J connectivity index is 1.58. The van der Waals surface area contributed by atoms with E-state index in [9.17, 15) is 9.50 Å². The highest BCUT2D eigenvalue weighted by Gasteiger charge is 2.21. The van der Waals surface area contributed by atoms with Gasteiger partial charge in [-0.2, -0.15) is 5.10 Å². The third kappa shape index (κ3) is 4.50. The summed E-state index contributed by atoms with van der Waals surface area (Å²) in [5.41, 5.74) is 3.23. The number of nitrogens with zero attached hydrogens (tertiary/aromatic N) is 2. The van der Waals surface area contributed by atoms with Crippen molar-refractivity contribution < 1.29 is 9.50 Å². The van der Waals surface area contributed by atoms with Crippen molar-refractivity contribution in [2.24, 2.45) is 0 Å². The first-order valence-electron chi connectivity index (χ1n) is 9.30. The second-order valence-electron chi connectivity index (χ2n) is 7.16. The van der Waals surface area contributed by atoms with Crippen molar-refractivity contribution in [3.8, 4) is 22.4 Å². The molecule has 2 aromatic heterocycles. The number of aliphatic hydroxyl groups is 1. The van der Waals surface area contributed by atoms with Crippen molar-refractivity contribution in [1.29, 1.82) is 0 Å². The zero-order valence-electron chi connectivity index (χ0n) is 15.9. The summed E-state index contributed by atoms with van der Waals surface area (Å²) in [6.45, 7) is 1.72. The average molecular weight is 388 g/mol. The molecule has 0 aliphatic heterocycles. The van der Waals surface area contributed by atoms with E-state index in [4.69, 9.17) is 0 Å². The van der Waals surface area contributed by atoms with E-state index in [1.165, 1.54) is 12.1 Å². The van der Waals surface area contributed by atoms with Gasteiger partial charge in [-0.3, -0.25) is 5.10 Å². The topological polar surface area (TPSA) is 73.8 Å². The van der Waals surface area contributed by atoms with Crippen molar-refractivity contribution >= 4 is 5.82 Å². The zero-order valence-corrected chi connectivity index (χ0v) is 15.9. The van der Waals surface area contributed by atoms with E-state index in [1.54, 1.807) is 31.5 Å². The van der Waals surface area contributed by atoms with Gasteiger partial charge >= 0.3 is 0 Å². The van der Waals surface area contributed by atoms with Crippen molar-refractivity contribution in [3.63, 3.8) is 0 Å². The Morgan fingerprint density at radius 1 is 1.03 bits per heavy atom. The van der Waals surface area contributed by atoms with Gasteiger partial charge in [0.1, 0.15) is 17.4 Å². The molecule has 0 aliphatic carbocycles. The van der Waals surface area contributed by atoms with Crippen molar-refractivity contribution in [2.75, 3.05) is 5.32 Å². The van der Waals surface area contributed by atoms with Gasteiger partial charge in [0.2, 0.25) is 0 Å². The van der Waals surface area contributed by atoms with Crippen LogP contribution in [0.4, 0.5) is 10.2 Å². The van der Waals surface area contributed by atoms with Crippen LogP contribution in [0.2, 0.25) is 0 Å². The summed E-state index contributed by atoms with van der Waals surface area (Å²) in [6, 6.07) is 19.8.